The lowest BCUT2D eigenvalue weighted by Gasteiger charge is -2.20. The maximum atomic E-state index is 4.39. The molecular formula is C13H25N3. The van der Waals surface area contributed by atoms with Gasteiger partial charge in [-0.3, -0.25) is 0 Å². The van der Waals surface area contributed by atoms with Gasteiger partial charge in [-0.15, -0.1) is 0 Å². The van der Waals surface area contributed by atoms with Gasteiger partial charge in [0.2, 0.25) is 0 Å². The van der Waals surface area contributed by atoms with E-state index in [0.717, 1.165) is 18.9 Å². The second-order valence-corrected chi connectivity index (χ2v) is 4.66. The van der Waals surface area contributed by atoms with Gasteiger partial charge < -0.3 is 9.88 Å². The first-order valence-corrected chi connectivity index (χ1v) is 6.36. The average molecular weight is 223 g/mol. The fourth-order valence-corrected chi connectivity index (χ4v) is 1.99. The van der Waals surface area contributed by atoms with E-state index in [2.05, 4.69) is 42.7 Å². The molecule has 0 fully saturated rings. The van der Waals surface area contributed by atoms with Crippen LogP contribution in [0.3, 0.4) is 0 Å². The molecule has 1 N–H and O–H groups in total. The second kappa shape index (κ2) is 6.69. The molecule has 1 aromatic heterocycles. The second-order valence-electron chi connectivity index (χ2n) is 4.66. The van der Waals surface area contributed by atoms with E-state index in [9.17, 15) is 0 Å². The van der Waals surface area contributed by atoms with Gasteiger partial charge in [-0.1, -0.05) is 27.2 Å². The molecule has 1 aromatic rings. The molecule has 0 aliphatic carbocycles. The number of rotatable bonds is 7. The van der Waals surface area contributed by atoms with Crippen LogP contribution in [-0.4, -0.2) is 22.1 Å². The van der Waals surface area contributed by atoms with Crippen molar-refractivity contribution in [3.63, 3.8) is 0 Å². The third-order valence-electron chi connectivity index (χ3n) is 3.23. The molecule has 0 saturated heterocycles. The first-order chi connectivity index (χ1) is 7.67. The summed E-state index contributed by atoms with van der Waals surface area (Å²) in [5.41, 5.74) is 0. The van der Waals surface area contributed by atoms with Crippen molar-refractivity contribution in [1.29, 1.82) is 0 Å². The van der Waals surface area contributed by atoms with Crippen LogP contribution in [0.5, 0.6) is 0 Å². The van der Waals surface area contributed by atoms with Gasteiger partial charge in [0.15, 0.2) is 0 Å². The minimum absolute atomic E-state index is 0.557. The summed E-state index contributed by atoms with van der Waals surface area (Å²) in [6, 6.07) is 0.557. The van der Waals surface area contributed by atoms with Crippen LogP contribution in [0.15, 0.2) is 12.4 Å². The van der Waals surface area contributed by atoms with Crippen molar-refractivity contribution in [3.05, 3.63) is 18.2 Å². The highest BCUT2D eigenvalue weighted by atomic mass is 15.0. The Bertz CT molecular complexity index is 293. The van der Waals surface area contributed by atoms with Crippen LogP contribution < -0.4 is 5.32 Å². The molecule has 0 radical (unpaired) electrons. The monoisotopic (exact) mass is 223 g/mol. The molecule has 0 spiro atoms. The van der Waals surface area contributed by atoms with Crippen molar-refractivity contribution < 1.29 is 0 Å². The molecule has 3 heteroatoms. The van der Waals surface area contributed by atoms with E-state index >= 15 is 0 Å². The van der Waals surface area contributed by atoms with Crippen molar-refractivity contribution in [2.75, 3.05) is 6.54 Å². The Morgan fingerprint density at radius 3 is 2.69 bits per heavy atom. The van der Waals surface area contributed by atoms with E-state index in [1.165, 1.54) is 18.7 Å². The highest BCUT2D eigenvalue weighted by Gasteiger charge is 2.13. The van der Waals surface area contributed by atoms with Crippen LogP contribution in [0.2, 0.25) is 0 Å². The number of aromatic nitrogens is 2. The number of imidazole rings is 1. The number of nitrogens with one attached hydrogen (secondary N) is 1. The standard InChI is InChI=1S/C13H25N3/c1-5-11(3)9-12(14-6-2)10-13-15-7-8-16(13)4/h7-8,11-12,14H,5-6,9-10H2,1-4H3. The maximum absolute atomic E-state index is 4.39. The Morgan fingerprint density at radius 1 is 1.44 bits per heavy atom. The molecule has 0 bridgehead atoms. The maximum Gasteiger partial charge on any atom is 0.109 e. The highest BCUT2D eigenvalue weighted by molar-refractivity contribution is 4.94. The van der Waals surface area contributed by atoms with E-state index in [1.54, 1.807) is 0 Å². The summed E-state index contributed by atoms with van der Waals surface area (Å²) in [4.78, 5) is 4.39. The summed E-state index contributed by atoms with van der Waals surface area (Å²) in [7, 11) is 2.06. The zero-order chi connectivity index (χ0) is 12.0. The van der Waals surface area contributed by atoms with Gasteiger partial charge in [0.05, 0.1) is 0 Å². The van der Waals surface area contributed by atoms with Crippen LogP contribution in [0.1, 0.15) is 39.4 Å². The average Bonchev–Trinajstić information content (AvgIpc) is 2.64. The summed E-state index contributed by atoms with van der Waals surface area (Å²) >= 11 is 0. The third kappa shape index (κ3) is 3.97. The number of nitrogens with zero attached hydrogens (tertiary/aromatic N) is 2. The molecule has 0 aromatic carbocycles. The van der Waals surface area contributed by atoms with Gasteiger partial charge in [0.25, 0.3) is 0 Å². The Balaban J connectivity index is 2.54. The van der Waals surface area contributed by atoms with Crippen molar-refractivity contribution >= 4 is 0 Å². The van der Waals surface area contributed by atoms with Gasteiger partial charge in [-0.25, -0.2) is 4.98 Å². The third-order valence-corrected chi connectivity index (χ3v) is 3.23. The van der Waals surface area contributed by atoms with Crippen molar-refractivity contribution in [3.8, 4) is 0 Å². The molecule has 3 nitrogen and oxygen atoms in total. The topological polar surface area (TPSA) is 29.9 Å². The molecule has 0 saturated carbocycles. The lowest BCUT2D eigenvalue weighted by atomic mass is 9.97. The molecule has 2 unspecified atom stereocenters. The minimum Gasteiger partial charge on any atom is -0.338 e. The van der Waals surface area contributed by atoms with E-state index in [4.69, 9.17) is 0 Å². The Hall–Kier alpha value is -0.830. The SMILES string of the molecule is CCNC(Cc1nccn1C)CC(C)CC. The summed E-state index contributed by atoms with van der Waals surface area (Å²) in [5, 5.41) is 3.56. The molecular weight excluding hydrogens is 198 g/mol. The summed E-state index contributed by atoms with van der Waals surface area (Å²) < 4.78 is 2.11. The van der Waals surface area contributed by atoms with Crippen molar-refractivity contribution in [2.45, 2.75) is 46.1 Å². The molecule has 0 aliphatic heterocycles. The van der Waals surface area contributed by atoms with Crippen LogP contribution in [0.25, 0.3) is 0 Å². The van der Waals surface area contributed by atoms with Gasteiger partial charge in [0.1, 0.15) is 5.82 Å². The zero-order valence-corrected chi connectivity index (χ0v) is 11.0. The van der Waals surface area contributed by atoms with Crippen LogP contribution in [-0.2, 0) is 13.5 Å². The van der Waals surface area contributed by atoms with Crippen LogP contribution >= 0.6 is 0 Å². The smallest absolute Gasteiger partial charge is 0.109 e. The molecule has 0 amide bonds. The lowest BCUT2D eigenvalue weighted by Crippen LogP contribution is -2.33. The number of hydrogen-bond acceptors (Lipinski definition) is 2. The van der Waals surface area contributed by atoms with Gasteiger partial charge in [-0.2, -0.15) is 0 Å². The molecule has 92 valence electrons. The summed E-state index contributed by atoms with van der Waals surface area (Å²) in [6.45, 7) is 7.78. The predicted molar refractivity (Wildman–Crippen MR) is 68.4 cm³/mol. The first kappa shape index (κ1) is 13.2. The molecule has 2 atom stereocenters. The number of aryl methyl sites for hydroxylation is 1. The van der Waals surface area contributed by atoms with Crippen LogP contribution in [0, 0.1) is 5.92 Å². The Morgan fingerprint density at radius 2 is 2.19 bits per heavy atom. The Kier molecular flexibility index (Phi) is 5.53. The lowest BCUT2D eigenvalue weighted by molar-refractivity contribution is 0.390. The van der Waals surface area contributed by atoms with Gasteiger partial charge >= 0.3 is 0 Å². The summed E-state index contributed by atoms with van der Waals surface area (Å²) in [5.74, 6) is 1.96. The zero-order valence-electron chi connectivity index (χ0n) is 11.0. The fraction of sp³-hybridized carbons (Fsp3) is 0.769. The van der Waals surface area contributed by atoms with Crippen molar-refractivity contribution in [2.24, 2.45) is 13.0 Å². The number of likely N-dealkylation sites (N-methyl/N-ethyl adjacent to an activating group) is 1. The largest absolute Gasteiger partial charge is 0.338 e. The first-order valence-electron chi connectivity index (χ1n) is 6.36. The Labute approximate surface area is 99.3 Å². The molecule has 1 heterocycles. The quantitative estimate of drug-likeness (QED) is 0.769. The van der Waals surface area contributed by atoms with Crippen molar-refractivity contribution in [1.82, 2.24) is 14.9 Å². The molecule has 1 rings (SSSR count). The molecule has 0 aliphatic rings. The minimum atomic E-state index is 0.557. The van der Waals surface area contributed by atoms with Crippen LogP contribution in [0.4, 0.5) is 0 Å². The van der Waals surface area contributed by atoms with E-state index < -0.39 is 0 Å². The highest BCUT2D eigenvalue weighted by Crippen LogP contribution is 2.13. The van der Waals surface area contributed by atoms with E-state index in [1.807, 2.05) is 12.4 Å². The van der Waals surface area contributed by atoms with Gasteiger partial charge in [-0.05, 0) is 18.9 Å². The number of hydrogen-bond donors (Lipinski definition) is 1. The normalized spacial score (nSPS) is 15.0. The summed E-state index contributed by atoms with van der Waals surface area (Å²) in [6.07, 6.45) is 7.41. The van der Waals surface area contributed by atoms with Gasteiger partial charge in [0, 0.05) is 31.9 Å². The van der Waals surface area contributed by atoms with E-state index in [0.29, 0.717) is 6.04 Å². The fourth-order valence-electron chi connectivity index (χ4n) is 1.99. The van der Waals surface area contributed by atoms with E-state index in [-0.39, 0.29) is 0 Å². The predicted octanol–water partition coefficient (Wildman–Crippen LogP) is 2.38. The molecule has 16 heavy (non-hydrogen) atoms.